The first-order valence-electron chi connectivity index (χ1n) is 7.63. The van der Waals surface area contributed by atoms with Crippen molar-refractivity contribution in [3.63, 3.8) is 0 Å². The fourth-order valence-electron chi connectivity index (χ4n) is 2.11. The van der Waals surface area contributed by atoms with Crippen LogP contribution in [0.3, 0.4) is 0 Å². The van der Waals surface area contributed by atoms with Crippen molar-refractivity contribution >= 4 is 5.82 Å². The highest BCUT2D eigenvalue weighted by molar-refractivity contribution is 5.40. The van der Waals surface area contributed by atoms with Crippen molar-refractivity contribution in [1.29, 1.82) is 5.26 Å². The van der Waals surface area contributed by atoms with Crippen LogP contribution in [0.4, 0.5) is 10.2 Å². The number of nitrogens with one attached hydrogen (secondary N) is 1. The van der Waals surface area contributed by atoms with E-state index in [4.69, 9.17) is 10.00 Å². The van der Waals surface area contributed by atoms with E-state index in [0.29, 0.717) is 29.4 Å². The van der Waals surface area contributed by atoms with Crippen molar-refractivity contribution in [3.8, 4) is 6.07 Å². The van der Waals surface area contributed by atoms with Gasteiger partial charge in [0.2, 0.25) is 0 Å². The molecule has 24 heavy (non-hydrogen) atoms. The summed E-state index contributed by atoms with van der Waals surface area (Å²) in [6.45, 7) is 6.68. The molecular formula is C18H21FN4O. The van der Waals surface area contributed by atoms with Gasteiger partial charge in [0, 0.05) is 30.7 Å². The average Bonchev–Trinajstić information content (AvgIpc) is 2.53. The molecule has 0 fully saturated rings. The maximum absolute atomic E-state index is 13.9. The van der Waals surface area contributed by atoms with E-state index in [2.05, 4.69) is 15.3 Å². The number of anilines is 1. The fraction of sp³-hybridized carbons (Fsp3) is 0.389. The number of rotatable bonds is 5. The molecule has 0 radical (unpaired) electrons. The monoisotopic (exact) mass is 328 g/mol. The van der Waals surface area contributed by atoms with E-state index in [1.807, 2.05) is 26.8 Å². The molecule has 2 rings (SSSR count). The molecule has 2 aromatic rings. The Morgan fingerprint density at radius 1 is 1.25 bits per heavy atom. The molecule has 1 N–H and O–H groups in total. The van der Waals surface area contributed by atoms with Crippen molar-refractivity contribution in [1.82, 2.24) is 9.97 Å². The third-order valence-corrected chi connectivity index (χ3v) is 3.38. The minimum absolute atomic E-state index is 0.216. The number of aromatic nitrogens is 2. The first kappa shape index (κ1) is 17.8. The van der Waals surface area contributed by atoms with Gasteiger partial charge in [-0.15, -0.1) is 0 Å². The summed E-state index contributed by atoms with van der Waals surface area (Å²) >= 11 is 0. The van der Waals surface area contributed by atoms with Crippen LogP contribution < -0.4 is 5.32 Å². The lowest BCUT2D eigenvalue weighted by atomic mass is 9.95. The van der Waals surface area contributed by atoms with Gasteiger partial charge < -0.3 is 10.1 Å². The average molecular weight is 328 g/mol. The van der Waals surface area contributed by atoms with E-state index in [1.54, 1.807) is 13.2 Å². The van der Waals surface area contributed by atoms with Gasteiger partial charge >= 0.3 is 0 Å². The zero-order chi connectivity index (χ0) is 17.7. The first-order chi connectivity index (χ1) is 11.3. The lowest BCUT2D eigenvalue weighted by Gasteiger charge is -2.19. The standard InChI is InChI=1S/C18H21FN4O/c1-18(2,3)17-22-14(11-24-4)8-16(23-17)21-10-13-7-12(9-20)5-6-15(13)19/h5-8H,10-11H2,1-4H3,(H,21,22,23). The normalized spacial score (nSPS) is 11.2. The van der Waals surface area contributed by atoms with Gasteiger partial charge in [0.15, 0.2) is 0 Å². The number of methoxy groups -OCH3 is 1. The highest BCUT2D eigenvalue weighted by atomic mass is 19.1. The molecule has 0 aliphatic carbocycles. The molecule has 0 atom stereocenters. The summed E-state index contributed by atoms with van der Waals surface area (Å²) in [5.74, 6) is 0.929. The van der Waals surface area contributed by atoms with Crippen LogP contribution in [-0.2, 0) is 23.3 Å². The zero-order valence-corrected chi connectivity index (χ0v) is 14.4. The Labute approximate surface area is 141 Å². The SMILES string of the molecule is COCc1cc(NCc2cc(C#N)ccc2F)nc(C(C)(C)C)n1. The quantitative estimate of drug-likeness (QED) is 0.909. The summed E-state index contributed by atoms with van der Waals surface area (Å²) in [5.41, 5.74) is 1.38. The van der Waals surface area contributed by atoms with Crippen LogP contribution in [0.25, 0.3) is 0 Å². The van der Waals surface area contributed by atoms with Crippen molar-refractivity contribution in [3.05, 3.63) is 52.7 Å². The van der Waals surface area contributed by atoms with Gasteiger partial charge in [0.05, 0.1) is 23.9 Å². The molecule has 0 bridgehead atoms. The van der Waals surface area contributed by atoms with Crippen LogP contribution in [-0.4, -0.2) is 17.1 Å². The van der Waals surface area contributed by atoms with Crippen LogP contribution in [0.2, 0.25) is 0 Å². The predicted molar refractivity (Wildman–Crippen MR) is 89.9 cm³/mol. The zero-order valence-electron chi connectivity index (χ0n) is 14.4. The number of nitriles is 1. The summed E-state index contributed by atoms with van der Waals surface area (Å²) in [7, 11) is 1.61. The van der Waals surface area contributed by atoms with Crippen LogP contribution in [0.5, 0.6) is 0 Å². The third-order valence-electron chi connectivity index (χ3n) is 3.38. The fourth-order valence-corrected chi connectivity index (χ4v) is 2.11. The van der Waals surface area contributed by atoms with E-state index in [9.17, 15) is 4.39 Å². The summed E-state index contributed by atoms with van der Waals surface area (Å²) < 4.78 is 19.0. The van der Waals surface area contributed by atoms with E-state index in [0.717, 1.165) is 5.69 Å². The molecule has 0 aliphatic rings. The van der Waals surface area contributed by atoms with E-state index in [-0.39, 0.29) is 17.8 Å². The van der Waals surface area contributed by atoms with Gasteiger partial charge in [-0.05, 0) is 18.2 Å². The third kappa shape index (κ3) is 4.49. The Morgan fingerprint density at radius 3 is 2.62 bits per heavy atom. The number of ether oxygens (including phenoxy) is 1. The Kier molecular flexibility index (Phi) is 5.47. The molecule has 126 valence electrons. The van der Waals surface area contributed by atoms with Crippen molar-refractivity contribution in [2.75, 3.05) is 12.4 Å². The molecule has 1 aromatic carbocycles. The largest absolute Gasteiger partial charge is 0.378 e. The molecule has 6 heteroatoms. The Morgan fingerprint density at radius 2 is 2.00 bits per heavy atom. The van der Waals surface area contributed by atoms with Crippen molar-refractivity contribution in [2.45, 2.75) is 39.3 Å². The highest BCUT2D eigenvalue weighted by Gasteiger charge is 2.19. The second-order valence-electron chi connectivity index (χ2n) is 6.52. The Bertz CT molecular complexity index is 763. The number of hydrogen-bond acceptors (Lipinski definition) is 5. The molecule has 0 aliphatic heterocycles. The molecule has 0 saturated carbocycles. The molecule has 1 aromatic heterocycles. The molecular weight excluding hydrogens is 307 g/mol. The summed E-state index contributed by atoms with van der Waals surface area (Å²) in [4.78, 5) is 9.01. The van der Waals surface area contributed by atoms with Gasteiger partial charge in [0.25, 0.3) is 0 Å². The summed E-state index contributed by atoms with van der Waals surface area (Å²) in [6.07, 6.45) is 0. The smallest absolute Gasteiger partial charge is 0.136 e. The van der Waals surface area contributed by atoms with Gasteiger partial charge in [-0.3, -0.25) is 0 Å². The Hall–Kier alpha value is -2.52. The lowest BCUT2D eigenvalue weighted by molar-refractivity contribution is 0.181. The van der Waals surface area contributed by atoms with E-state index >= 15 is 0 Å². The topological polar surface area (TPSA) is 70.8 Å². The maximum Gasteiger partial charge on any atom is 0.136 e. The Balaban J connectivity index is 2.26. The van der Waals surface area contributed by atoms with Gasteiger partial charge in [-0.1, -0.05) is 20.8 Å². The second kappa shape index (κ2) is 7.37. The van der Waals surface area contributed by atoms with Crippen molar-refractivity contribution in [2.24, 2.45) is 0 Å². The number of benzene rings is 1. The molecule has 0 unspecified atom stereocenters. The molecule has 0 amide bonds. The summed E-state index contributed by atoms with van der Waals surface area (Å²) in [5, 5.41) is 12.0. The highest BCUT2D eigenvalue weighted by Crippen LogP contribution is 2.21. The summed E-state index contributed by atoms with van der Waals surface area (Å²) in [6, 6.07) is 8.08. The van der Waals surface area contributed by atoms with E-state index < -0.39 is 0 Å². The van der Waals surface area contributed by atoms with Gasteiger partial charge in [0.1, 0.15) is 17.5 Å². The van der Waals surface area contributed by atoms with Crippen LogP contribution >= 0.6 is 0 Å². The lowest BCUT2D eigenvalue weighted by Crippen LogP contribution is -2.18. The van der Waals surface area contributed by atoms with E-state index in [1.165, 1.54) is 18.2 Å². The van der Waals surface area contributed by atoms with Gasteiger partial charge in [-0.2, -0.15) is 5.26 Å². The molecule has 0 spiro atoms. The number of hydrogen-bond donors (Lipinski definition) is 1. The van der Waals surface area contributed by atoms with Crippen LogP contribution in [0.15, 0.2) is 24.3 Å². The minimum atomic E-state index is -0.358. The second-order valence-corrected chi connectivity index (χ2v) is 6.52. The minimum Gasteiger partial charge on any atom is -0.378 e. The number of halogens is 1. The maximum atomic E-state index is 13.9. The van der Waals surface area contributed by atoms with Gasteiger partial charge in [-0.25, -0.2) is 14.4 Å². The molecule has 1 heterocycles. The molecule has 0 saturated heterocycles. The first-order valence-corrected chi connectivity index (χ1v) is 7.63. The predicted octanol–water partition coefficient (Wildman–Crippen LogP) is 3.54. The van der Waals surface area contributed by atoms with Crippen molar-refractivity contribution < 1.29 is 9.13 Å². The van der Waals surface area contributed by atoms with Crippen LogP contribution in [0, 0.1) is 17.1 Å². The number of nitrogens with zero attached hydrogens (tertiary/aromatic N) is 3. The molecule has 5 nitrogen and oxygen atoms in total. The van der Waals surface area contributed by atoms with Crippen LogP contribution in [0.1, 0.15) is 43.4 Å².